The Labute approximate surface area is 128 Å². The second kappa shape index (κ2) is 5.64. The van der Waals surface area contributed by atoms with E-state index in [0.29, 0.717) is 17.3 Å². The minimum atomic E-state index is 0.0127. The summed E-state index contributed by atoms with van der Waals surface area (Å²) < 4.78 is 1.93. The maximum atomic E-state index is 12.6. The van der Waals surface area contributed by atoms with Gasteiger partial charge in [-0.05, 0) is 31.2 Å². The van der Waals surface area contributed by atoms with Gasteiger partial charge >= 0.3 is 0 Å². The van der Waals surface area contributed by atoms with Crippen LogP contribution in [-0.4, -0.2) is 29.0 Å². The Bertz CT molecular complexity index is 852. The first-order valence-corrected chi connectivity index (χ1v) is 7.37. The number of nitrogens with zero attached hydrogens (tertiary/aromatic N) is 2. The number of likely N-dealkylation sites (N-methyl/N-ethyl adjacent to an activating group) is 1. The van der Waals surface area contributed by atoms with E-state index in [1.807, 2.05) is 60.0 Å². The SMILES string of the molecule is CCN(C)C(=O)Cn1c2ccccc2c(=O)c2ccccc21. The van der Waals surface area contributed by atoms with Crippen LogP contribution in [0.15, 0.2) is 53.3 Å². The molecule has 0 bridgehead atoms. The molecule has 112 valence electrons. The van der Waals surface area contributed by atoms with Gasteiger partial charge in [0.05, 0.1) is 11.0 Å². The first-order valence-electron chi connectivity index (χ1n) is 7.37. The third kappa shape index (κ3) is 2.26. The van der Waals surface area contributed by atoms with Crippen molar-refractivity contribution in [3.8, 4) is 0 Å². The number of pyridine rings is 1. The Hall–Kier alpha value is -2.62. The number of benzene rings is 2. The Morgan fingerprint density at radius 1 is 1.00 bits per heavy atom. The first kappa shape index (κ1) is 14.3. The fourth-order valence-corrected chi connectivity index (χ4v) is 2.68. The molecule has 22 heavy (non-hydrogen) atoms. The lowest BCUT2D eigenvalue weighted by Gasteiger charge is -2.19. The fourth-order valence-electron chi connectivity index (χ4n) is 2.68. The number of rotatable bonds is 3. The molecule has 0 saturated heterocycles. The molecule has 2 aromatic carbocycles. The summed E-state index contributed by atoms with van der Waals surface area (Å²) in [4.78, 5) is 26.6. The van der Waals surface area contributed by atoms with Gasteiger partial charge < -0.3 is 9.47 Å². The maximum Gasteiger partial charge on any atom is 0.242 e. The third-order valence-corrected chi connectivity index (χ3v) is 4.07. The molecule has 0 spiro atoms. The zero-order chi connectivity index (χ0) is 15.7. The monoisotopic (exact) mass is 294 g/mol. The van der Waals surface area contributed by atoms with Crippen molar-refractivity contribution in [1.29, 1.82) is 0 Å². The van der Waals surface area contributed by atoms with Crippen molar-refractivity contribution in [1.82, 2.24) is 9.47 Å². The minimum Gasteiger partial charge on any atom is -0.344 e. The lowest BCUT2D eigenvalue weighted by Crippen LogP contribution is -2.30. The lowest BCUT2D eigenvalue weighted by atomic mass is 10.1. The van der Waals surface area contributed by atoms with E-state index < -0.39 is 0 Å². The predicted octanol–water partition coefficient (Wildman–Crippen LogP) is 2.63. The molecule has 3 rings (SSSR count). The largest absolute Gasteiger partial charge is 0.344 e. The molecule has 0 aliphatic heterocycles. The number of fused-ring (bicyclic) bond motifs is 2. The van der Waals surface area contributed by atoms with Crippen LogP contribution in [0.1, 0.15) is 6.92 Å². The predicted molar refractivity (Wildman–Crippen MR) is 89.0 cm³/mol. The van der Waals surface area contributed by atoms with Crippen LogP contribution < -0.4 is 5.43 Å². The number of carbonyl (C=O) groups excluding carboxylic acids is 1. The molecule has 1 aromatic heterocycles. The van der Waals surface area contributed by atoms with Crippen molar-refractivity contribution in [2.75, 3.05) is 13.6 Å². The van der Waals surface area contributed by atoms with Crippen molar-refractivity contribution >= 4 is 27.7 Å². The molecule has 0 aliphatic rings. The van der Waals surface area contributed by atoms with Gasteiger partial charge in [0.2, 0.25) is 5.91 Å². The zero-order valence-electron chi connectivity index (χ0n) is 12.7. The van der Waals surface area contributed by atoms with Gasteiger partial charge in [-0.25, -0.2) is 0 Å². The van der Waals surface area contributed by atoms with E-state index in [-0.39, 0.29) is 17.9 Å². The molecule has 0 atom stereocenters. The van der Waals surface area contributed by atoms with Gasteiger partial charge in [-0.1, -0.05) is 24.3 Å². The highest BCUT2D eigenvalue weighted by molar-refractivity contribution is 5.94. The highest BCUT2D eigenvalue weighted by atomic mass is 16.2. The molecule has 0 radical (unpaired) electrons. The second-order valence-electron chi connectivity index (χ2n) is 5.36. The number of hydrogen-bond donors (Lipinski definition) is 0. The summed E-state index contributed by atoms with van der Waals surface area (Å²) in [7, 11) is 1.79. The first-order chi connectivity index (χ1) is 10.6. The van der Waals surface area contributed by atoms with Gasteiger partial charge in [0.25, 0.3) is 0 Å². The van der Waals surface area contributed by atoms with Crippen LogP contribution in [0.25, 0.3) is 21.8 Å². The van der Waals surface area contributed by atoms with Crippen LogP contribution in [0.2, 0.25) is 0 Å². The molecular weight excluding hydrogens is 276 g/mol. The topological polar surface area (TPSA) is 42.3 Å². The van der Waals surface area contributed by atoms with E-state index in [9.17, 15) is 9.59 Å². The summed E-state index contributed by atoms with van der Waals surface area (Å²) in [5.41, 5.74) is 1.60. The van der Waals surface area contributed by atoms with E-state index >= 15 is 0 Å². The number of para-hydroxylation sites is 2. The van der Waals surface area contributed by atoms with Crippen molar-refractivity contribution < 1.29 is 4.79 Å². The van der Waals surface area contributed by atoms with E-state index in [0.717, 1.165) is 11.0 Å². The molecule has 0 N–H and O–H groups in total. The fraction of sp³-hybridized carbons (Fsp3) is 0.222. The molecule has 4 nitrogen and oxygen atoms in total. The van der Waals surface area contributed by atoms with Gasteiger partial charge in [-0.3, -0.25) is 9.59 Å². The second-order valence-corrected chi connectivity index (χ2v) is 5.36. The van der Waals surface area contributed by atoms with E-state index in [2.05, 4.69) is 0 Å². The van der Waals surface area contributed by atoms with Gasteiger partial charge in [-0.2, -0.15) is 0 Å². The highest BCUT2D eigenvalue weighted by Crippen LogP contribution is 2.19. The molecular formula is C18H18N2O2. The zero-order valence-corrected chi connectivity index (χ0v) is 12.7. The number of carbonyl (C=O) groups is 1. The Morgan fingerprint density at radius 2 is 1.50 bits per heavy atom. The van der Waals surface area contributed by atoms with Crippen LogP contribution in [0.5, 0.6) is 0 Å². The van der Waals surface area contributed by atoms with Crippen LogP contribution in [0.4, 0.5) is 0 Å². The summed E-state index contributed by atoms with van der Waals surface area (Å²) in [6, 6.07) is 14.9. The van der Waals surface area contributed by atoms with Crippen LogP contribution in [0, 0.1) is 0 Å². The molecule has 0 fully saturated rings. The molecule has 1 amide bonds. The molecule has 0 unspecified atom stereocenters. The lowest BCUT2D eigenvalue weighted by molar-refractivity contribution is -0.130. The van der Waals surface area contributed by atoms with Gasteiger partial charge in [-0.15, -0.1) is 0 Å². The smallest absolute Gasteiger partial charge is 0.242 e. The standard InChI is InChI=1S/C18H18N2O2/c1-3-19(2)17(21)12-20-15-10-6-4-8-13(15)18(22)14-9-5-7-11-16(14)20/h4-11H,3,12H2,1-2H3. The normalized spacial score (nSPS) is 11.0. The molecule has 0 saturated carbocycles. The summed E-state index contributed by atoms with van der Waals surface area (Å²) in [6.45, 7) is 2.83. The molecule has 4 heteroatoms. The summed E-state index contributed by atoms with van der Waals surface area (Å²) in [5, 5.41) is 1.29. The van der Waals surface area contributed by atoms with Gasteiger partial charge in [0.1, 0.15) is 6.54 Å². The van der Waals surface area contributed by atoms with E-state index in [1.54, 1.807) is 11.9 Å². The Kier molecular flexibility index (Phi) is 3.67. The summed E-state index contributed by atoms with van der Waals surface area (Å²) >= 11 is 0. The third-order valence-electron chi connectivity index (χ3n) is 4.07. The average Bonchev–Trinajstić information content (AvgIpc) is 2.57. The molecule has 0 aliphatic carbocycles. The van der Waals surface area contributed by atoms with E-state index in [4.69, 9.17) is 0 Å². The average molecular weight is 294 g/mol. The summed E-state index contributed by atoms with van der Waals surface area (Å²) in [5.74, 6) is 0.0291. The van der Waals surface area contributed by atoms with Gasteiger partial charge in [0, 0.05) is 24.4 Å². The maximum absolute atomic E-state index is 12.6. The van der Waals surface area contributed by atoms with Crippen LogP contribution in [0.3, 0.4) is 0 Å². The molecule has 3 aromatic rings. The Morgan fingerprint density at radius 3 is 2.00 bits per heavy atom. The van der Waals surface area contributed by atoms with Crippen LogP contribution >= 0.6 is 0 Å². The number of amides is 1. The van der Waals surface area contributed by atoms with E-state index in [1.165, 1.54) is 0 Å². The quantitative estimate of drug-likeness (QED) is 0.697. The highest BCUT2D eigenvalue weighted by Gasteiger charge is 2.14. The summed E-state index contributed by atoms with van der Waals surface area (Å²) in [6.07, 6.45) is 0. The van der Waals surface area contributed by atoms with Gasteiger partial charge in [0.15, 0.2) is 5.43 Å². The number of hydrogen-bond acceptors (Lipinski definition) is 2. The van der Waals surface area contributed by atoms with Crippen molar-refractivity contribution in [3.63, 3.8) is 0 Å². The molecule has 1 heterocycles. The Balaban J connectivity index is 2.32. The van der Waals surface area contributed by atoms with Crippen molar-refractivity contribution in [2.24, 2.45) is 0 Å². The minimum absolute atomic E-state index is 0.0127. The number of aromatic nitrogens is 1. The van der Waals surface area contributed by atoms with Crippen LogP contribution in [-0.2, 0) is 11.3 Å². The van der Waals surface area contributed by atoms with Crippen molar-refractivity contribution in [3.05, 3.63) is 58.8 Å². The van der Waals surface area contributed by atoms with Crippen molar-refractivity contribution in [2.45, 2.75) is 13.5 Å².